The summed E-state index contributed by atoms with van der Waals surface area (Å²) in [7, 11) is 0. The van der Waals surface area contributed by atoms with E-state index >= 15 is 0 Å². The second kappa shape index (κ2) is 8.22. The van der Waals surface area contributed by atoms with Crippen LogP contribution in [0.1, 0.15) is 21.7 Å². The van der Waals surface area contributed by atoms with E-state index in [2.05, 4.69) is 10.2 Å². The van der Waals surface area contributed by atoms with Gasteiger partial charge in [-0.15, -0.1) is 11.3 Å². The molecule has 0 spiro atoms. The van der Waals surface area contributed by atoms with Gasteiger partial charge in [-0.1, -0.05) is 11.6 Å². The van der Waals surface area contributed by atoms with Crippen LogP contribution in [0, 0.1) is 6.92 Å². The van der Waals surface area contributed by atoms with Crippen LogP contribution in [0.15, 0.2) is 30.3 Å². The number of benzene rings is 1. The van der Waals surface area contributed by atoms with Crippen molar-refractivity contribution in [2.24, 2.45) is 5.73 Å². The number of carbonyl (C=O) groups excluding carboxylic acids is 2. The molecule has 7 nitrogen and oxygen atoms in total. The first-order chi connectivity index (χ1) is 13.9. The lowest BCUT2D eigenvalue weighted by atomic mass is 10.1. The Balaban J connectivity index is 1.37. The summed E-state index contributed by atoms with van der Waals surface area (Å²) in [4.78, 5) is 28.9. The molecule has 2 fully saturated rings. The molecule has 1 aromatic carbocycles. The lowest BCUT2D eigenvalue weighted by Gasteiger charge is -2.22. The van der Waals surface area contributed by atoms with E-state index < -0.39 is 12.2 Å². The zero-order valence-electron chi connectivity index (χ0n) is 16.1. The first-order valence-electron chi connectivity index (χ1n) is 9.53. The van der Waals surface area contributed by atoms with Crippen molar-refractivity contribution in [3.63, 3.8) is 0 Å². The van der Waals surface area contributed by atoms with Gasteiger partial charge in [-0.3, -0.25) is 9.69 Å². The number of nitrogens with one attached hydrogen (secondary N) is 1. The zero-order chi connectivity index (χ0) is 20.5. The van der Waals surface area contributed by atoms with Gasteiger partial charge >= 0.3 is 6.09 Å². The Morgan fingerprint density at radius 2 is 2.17 bits per heavy atom. The standard InChI is InChI=1S/C20H23ClN4O3S/c1-12-8-14(2-3-16(12)24-7-6-13(22)10-24)25-11-15(28-20(25)27)9-23-19(26)17-4-5-18(21)29-17/h2-5,8,13,15H,6-7,9-11,22H2,1H3,(H,23,26). The molecule has 0 saturated carbocycles. The summed E-state index contributed by atoms with van der Waals surface area (Å²) in [5, 5.41) is 2.80. The SMILES string of the molecule is Cc1cc(N2CC(CNC(=O)c3ccc(Cl)s3)OC2=O)ccc1N1CCC(N)C1. The minimum Gasteiger partial charge on any atom is -0.442 e. The molecule has 9 heteroatoms. The maximum absolute atomic E-state index is 12.3. The molecule has 4 rings (SSSR count). The number of nitrogens with two attached hydrogens (primary N) is 1. The van der Waals surface area contributed by atoms with Crippen molar-refractivity contribution < 1.29 is 14.3 Å². The van der Waals surface area contributed by atoms with Crippen LogP contribution in [0.3, 0.4) is 0 Å². The molecule has 0 aliphatic carbocycles. The van der Waals surface area contributed by atoms with Crippen molar-refractivity contribution >= 4 is 46.3 Å². The number of ether oxygens (including phenoxy) is 1. The topological polar surface area (TPSA) is 87.9 Å². The van der Waals surface area contributed by atoms with Crippen molar-refractivity contribution in [3.05, 3.63) is 45.1 Å². The van der Waals surface area contributed by atoms with Crippen molar-refractivity contribution in [1.82, 2.24) is 5.32 Å². The fraction of sp³-hybridized carbons (Fsp3) is 0.400. The maximum Gasteiger partial charge on any atom is 0.414 e. The van der Waals surface area contributed by atoms with E-state index in [9.17, 15) is 9.59 Å². The molecule has 2 aliphatic rings. The monoisotopic (exact) mass is 434 g/mol. The van der Waals surface area contributed by atoms with Crippen LogP contribution in [0.2, 0.25) is 4.34 Å². The minimum atomic E-state index is -0.404. The van der Waals surface area contributed by atoms with Crippen LogP contribution in [-0.4, -0.2) is 50.3 Å². The number of thiophene rings is 1. The second-order valence-corrected chi connectivity index (χ2v) is 9.11. The molecule has 1 aromatic heterocycles. The average Bonchev–Trinajstić information content (AvgIpc) is 3.40. The fourth-order valence-electron chi connectivity index (χ4n) is 3.74. The number of hydrogen-bond acceptors (Lipinski definition) is 6. The van der Waals surface area contributed by atoms with Gasteiger partial charge in [0, 0.05) is 30.5 Å². The molecule has 3 heterocycles. The Morgan fingerprint density at radius 3 is 2.83 bits per heavy atom. The average molecular weight is 435 g/mol. The molecule has 0 radical (unpaired) electrons. The lowest BCUT2D eigenvalue weighted by Crippen LogP contribution is -2.34. The summed E-state index contributed by atoms with van der Waals surface area (Å²) >= 11 is 7.08. The number of halogens is 1. The highest BCUT2D eigenvalue weighted by molar-refractivity contribution is 7.17. The third-order valence-electron chi connectivity index (χ3n) is 5.22. The number of cyclic esters (lactones) is 1. The largest absolute Gasteiger partial charge is 0.442 e. The number of anilines is 2. The van der Waals surface area contributed by atoms with Crippen LogP contribution >= 0.6 is 22.9 Å². The first-order valence-corrected chi connectivity index (χ1v) is 10.7. The van der Waals surface area contributed by atoms with Crippen LogP contribution in [-0.2, 0) is 4.74 Å². The number of aryl methyl sites for hydroxylation is 1. The normalized spacial score (nSPS) is 21.6. The van der Waals surface area contributed by atoms with Gasteiger partial charge in [-0.2, -0.15) is 0 Å². The van der Waals surface area contributed by atoms with E-state index in [1.54, 1.807) is 17.0 Å². The van der Waals surface area contributed by atoms with E-state index in [0.717, 1.165) is 36.4 Å². The molecule has 2 unspecified atom stereocenters. The van der Waals surface area contributed by atoms with Crippen molar-refractivity contribution in [1.29, 1.82) is 0 Å². The summed E-state index contributed by atoms with van der Waals surface area (Å²) in [6, 6.07) is 9.53. The van der Waals surface area contributed by atoms with Gasteiger partial charge in [-0.05, 0) is 49.2 Å². The van der Waals surface area contributed by atoms with Gasteiger partial charge in [0.1, 0.15) is 6.10 Å². The van der Waals surface area contributed by atoms with Gasteiger partial charge in [0.25, 0.3) is 5.91 Å². The van der Waals surface area contributed by atoms with Gasteiger partial charge in [0.15, 0.2) is 0 Å². The zero-order valence-corrected chi connectivity index (χ0v) is 17.6. The van der Waals surface area contributed by atoms with E-state index in [1.807, 2.05) is 25.1 Å². The molecular weight excluding hydrogens is 412 g/mol. The summed E-state index contributed by atoms with van der Waals surface area (Å²) < 4.78 is 5.99. The summed E-state index contributed by atoms with van der Waals surface area (Å²) in [5.41, 5.74) is 9.05. The quantitative estimate of drug-likeness (QED) is 0.755. The molecule has 3 N–H and O–H groups in total. The van der Waals surface area contributed by atoms with Crippen molar-refractivity contribution in [2.45, 2.75) is 25.5 Å². The Hall–Kier alpha value is -2.29. The Kier molecular flexibility index (Phi) is 5.67. The summed E-state index contributed by atoms with van der Waals surface area (Å²) in [5.74, 6) is -0.222. The maximum atomic E-state index is 12.3. The van der Waals surface area contributed by atoms with Gasteiger partial charge in [-0.25, -0.2) is 4.79 Å². The molecule has 29 heavy (non-hydrogen) atoms. The molecule has 154 valence electrons. The number of amides is 2. The molecule has 0 bridgehead atoms. The van der Waals surface area contributed by atoms with E-state index in [4.69, 9.17) is 22.1 Å². The molecule has 2 atom stereocenters. The number of carbonyl (C=O) groups is 2. The molecule has 2 amide bonds. The Morgan fingerprint density at radius 1 is 1.34 bits per heavy atom. The highest BCUT2D eigenvalue weighted by Crippen LogP contribution is 2.30. The Labute approximate surface area is 178 Å². The van der Waals surface area contributed by atoms with Crippen LogP contribution in [0.25, 0.3) is 0 Å². The van der Waals surface area contributed by atoms with E-state index in [-0.39, 0.29) is 18.5 Å². The summed E-state index contributed by atoms with van der Waals surface area (Å²) in [6.45, 7) is 4.47. The Bertz CT molecular complexity index is 934. The molecule has 2 aliphatic heterocycles. The third-order valence-corrected chi connectivity index (χ3v) is 6.45. The fourth-order valence-corrected chi connectivity index (χ4v) is 4.70. The highest BCUT2D eigenvalue weighted by Gasteiger charge is 2.33. The van der Waals surface area contributed by atoms with Crippen molar-refractivity contribution in [3.8, 4) is 0 Å². The lowest BCUT2D eigenvalue weighted by molar-refractivity contribution is 0.0920. The minimum absolute atomic E-state index is 0.212. The predicted octanol–water partition coefficient (Wildman–Crippen LogP) is 3.00. The van der Waals surface area contributed by atoms with E-state index in [1.165, 1.54) is 11.3 Å². The highest BCUT2D eigenvalue weighted by atomic mass is 35.5. The van der Waals surface area contributed by atoms with E-state index in [0.29, 0.717) is 15.8 Å². The molecule has 2 aromatic rings. The number of nitrogens with zero attached hydrogens (tertiary/aromatic N) is 2. The number of hydrogen-bond donors (Lipinski definition) is 2. The van der Waals surface area contributed by atoms with Crippen molar-refractivity contribution in [2.75, 3.05) is 36.0 Å². The van der Waals surface area contributed by atoms with Crippen LogP contribution in [0.5, 0.6) is 0 Å². The van der Waals surface area contributed by atoms with Gasteiger partial charge in [0.2, 0.25) is 0 Å². The number of rotatable bonds is 5. The molecular formula is C20H23ClN4O3S. The van der Waals surface area contributed by atoms with Gasteiger partial charge in [0.05, 0.1) is 22.3 Å². The first kappa shape index (κ1) is 20.0. The molecule has 2 saturated heterocycles. The summed E-state index contributed by atoms with van der Waals surface area (Å²) in [6.07, 6.45) is 0.183. The smallest absolute Gasteiger partial charge is 0.414 e. The van der Waals surface area contributed by atoms with Gasteiger partial charge < -0.3 is 20.7 Å². The second-order valence-electron chi connectivity index (χ2n) is 7.40. The third kappa shape index (κ3) is 4.34. The van der Waals surface area contributed by atoms with Crippen LogP contribution in [0.4, 0.5) is 16.2 Å². The predicted molar refractivity (Wildman–Crippen MR) is 115 cm³/mol. The van der Waals surface area contributed by atoms with Crippen LogP contribution < -0.4 is 20.9 Å².